The Kier molecular flexibility index (Phi) is 6.63. The first-order valence-corrected chi connectivity index (χ1v) is 12.3. The topological polar surface area (TPSA) is 85.9 Å². The standard InChI is InChI=1S/C24H24N4O4S2/c1-14-11-12-33-19(14)13-18-21(29)27(24(25-18)34-16(3)23(31)32-5)20-15(2)26(4)28(22(20)30)17-9-7-6-8-10-17/h6-13,16H,1-5H3/b18-13-. The summed E-state index contributed by atoms with van der Waals surface area (Å²) in [5.41, 5.74) is 2.35. The summed E-state index contributed by atoms with van der Waals surface area (Å²) in [7, 11) is 3.07. The summed E-state index contributed by atoms with van der Waals surface area (Å²) >= 11 is 2.58. The number of carbonyl (C=O) groups excluding carboxylic acids is 2. The third kappa shape index (κ3) is 4.14. The summed E-state index contributed by atoms with van der Waals surface area (Å²) in [6.45, 7) is 5.41. The largest absolute Gasteiger partial charge is 0.468 e. The van der Waals surface area contributed by atoms with E-state index in [9.17, 15) is 14.4 Å². The molecule has 1 aromatic carbocycles. The summed E-state index contributed by atoms with van der Waals surface area (Å²) in [5.74, 6) is -0.864. The molecule has 0 bridgehead atoms. The van der Waals surface area contributed by atoms with Gasteiger partial charge in [-0.05, 0) is 56.0 Å². The van der Waals surface area contributed by atoms with Crippen molar-refractivity contribution < 1.29 is 14.3 Å². The zero-order chi connectivity index (χ0) is 24.6. The number of rotatable bonds is 5. The average Bonchev–Trinajstić information content (AvgIpc) is 3.43. The van der Waals surface area contributed by atoms with Gasteiger partial charge in [0.15, 0.2) is 5.17 Å². The van der Waals surface area contributed by atoms with Crippen LogP contribution in [0.4, 0.5) is 5.69 Å². The van der Waals surface area contributed by atoms with Gasteiger partial charge in [0.1, 0.15) is 16.6 Å². The first kappa shape index (κ1) is 23.8. The molecule has 1 unspecified atom stereocenters. The number of aliphatic imine (C=N–C) groups is 1. The molecule has 4 rings (SSSR count). The van der Waals surface area contributed by atoms with Gasteiger partial charge in [0, 0.05) is 11.9 Å². The molecule has 1 aliphatic rings. The molecule has 0 N–H and O–H groups in total. The minimum atomic E-state index is -0.623. The van der Waals surface area contributed by atoms with E-state index in [-0.39, 0.29) is 22.1 Å². The smallest absolute Gasteiger partial charge is 0.318 e. The molecule has 0 saturated heterocycles. The van der Waals surface area contributed by atoms with Crippen molar-refractivity contribution >= 4 is 51.9 Å². The van der Waals surface area contributed by atoms with Crippen LogP contribution in [0.3, 0.4) is 0 Å². The fraction of sp³-hybridized carbons (Fsp3) is 0.250. The maximum absolute atomic E-state index is 13.6. The number of amides is 1. The van der Waals surface area contributed by atoms with Crippen molar-refractivity contribution in [1.82, 2.24) is 9.36 Å². The number of anilines is 1. The number of hydrogen-bond acceptors (Lipinski definition) is 7. The van der Waals surface area contributed by atoms with Gasteiger partial charge >= 0.3 is 5.97 Å². The highest BCUT2D eigenvalue weighted by Gasteiger charge is 2.38. The van der Waals surface area contributed by atoms with E-state index in [1.165, 1.54) is 28.0 Å². The van der Waals surface area contributed by atoms with Crippen molar-refractivity contribution in [2.45, 2.75) is 26.0 Å². The van der Waals surface area contributed by atoms with Crippen LogP contribution in [0.15, 0.2) is 57.3 Å². The normalized spacial score (nSPS) is 15.7. The van der Waals surface area contributed by atoms with Crippen LogP contribution < -0.4 is 10.5 Å². The lowest BCUT2D eigenvalue weighted by Crippen LogP contribution is -2.36. The van der Waals surface area contributed by atoms with Crippen molar-refractivity contribution in [3.63, 3.8) is 0 Å². The second-order valence-corrected chi connectivity index (χ2v) is 9.98. The maximum Gasteiger partial charge on any atom is 0.318 e. The highest BCUT2D eigenvalue weighted by atomic mass is 32.2. The highest BCUT2D eigenvalue weighted by Crippen LogP contribution is 2.33. The van der Waals surface area contributed by atoms with Gasteiger partial charge in [0.2, 0.25) is 0 Å². The molecule has 10 heteroatoms. The Labute approximate surface area is 205 Å². The third-order valence-corrected chi connectivity index (χ3v) is 7.56. The van der Waals surface area contributed by atoms with Crippen LogP contribution in [0.1, 0.15) is 23.1 Å². The number of thioether (sulfide) groups is 1. The summed E-state index contributed by atoms with van der Waals surface area (Å²) in [5, 5.41) is 1.58. The molecular weight excluding hydrogens is 472 g/mol. The van der Waals surface area contributed by atoms with Gasteiger partial charge in [-0.2, -0.15) is 0 Å². The van der Waals surface area contributed by atoms with Gasteiger partial charge in [-0.15, -0.1) is 11.3 Å². The number of benzene rings is 1. The van der Waals surface area contributed by atoms with Crippen LogP contribution in [0.2, 0.25) is 0 Å². The number of hydrogen-bond donors (Lipinski definition) is 0. The molecule has 176 valence electrons. The Morgan fingerprint density at radius 2 is 1.88 bits per heavy atom. The molecule has 34 heavy (non-hydrogen) atoms. The van der Waals surface area contributed by atoms with Gasteiger partial charge in [0.25, 0.3) is 11.5 Å². The number of aromatic nitrogens is 2. The fourth-order valence-corrected chi connectivity index (χ4v) is 5.40. The van der Waals surface area contributed by atoms with Crippen LogP contribution in [-0.4, -0.2) is 38.8 Å². The summed E-state index contributed by atoms with van der Waals surface area (Å²) in [6, 6.07) is 11.2. The second kappa shape index (κ2) is 9.47. The Morgan fingerprint density at radius 1 is 1.18 bits per heavy atom. The molecule has 3 heterocycles. The van der Waals surface area contributed by atoms with E-state index in [4.69, 9.17) is 4.74 Å². The Bertz CT molecular complexity index is 1380. The summed E-state index contributed by atoms with van der Waals surface area (Å²) in [4.78, 5) is 46.1. The molecule has 0 saturated carbocycles. The first-order chi connectivity index (χ1) is 16.2. The molecule has 3 aromatic rings. The minimum Gasteiger partial charge on any atom is -0.468 e. The SMILES string of the molecule is COC(=O)C(C)SC1=N/C(=C\c2sccc2C)C(=O)N1c1c(C)n(C)n(-c2ccccc2)c1=O. The number of aryl methyl sites for hydroxylation is 1. The van der Waals surface area contributed by atoms with E-state index in [2.05, 4.69) is 4.99 Å². The molecule has 8 nitrogen and oxygen atoms in total. The van der Waals surface area contributed by atoms with Crippen LogP contribution in [0.25, 0.3) is 11.8 Å². The Morgan fingerprint density at radius 3 is 2.50 bits per heavy atom. The van der Waals surface area contributed by atoms with Crippen molar-refractivity contribution in [3.8, 4) is 5.69 Å². The summed E-state index contributed by atoms with van der Waals surface area (Å²) in [6.07, 6.45) is 1.72. The number of esters is 1. The molecule has 0 fully saturated rings. The lowest BCUT2D eigenvalue weighted by molar-refractivity contribution is -0.139. The van der Waals surface area contributed by atoms with Crippen molar-refractivity contribution in [2.24, 2.45) is 12.0 Å². The number of amidine groups is 1. The zero-order valence-electron chi connectivity index (χ0n) is 19.4. The van der Waals surface area contributed by atoms with Crippen molar-refractivity contribution in [2.75, 3.05) is 12.0 Å². The number of carbonyl (C=O) groups is 2. The zero-order valence-corrected chi connectivity index (χ0v) is 21.1. The van der Waals surface area contributed by atoms with E-state index in [0.717, 1.165) is 22.2 Å². The van der Waals surface area contributed by atoms with Gasteiger partial charge in [-0.25, -0.2) is 14.6 Å². The lowest BCUT2D eigenvalue weighted by atomic mass is 10.2. The van der Waals surface area contributed by atoms with E-state index in [1.807, 2.05) is 48.7 Å². The molecular formula is C24H24N4O4S2. The molecule has 0 spiro atoms. The monoisotopic (exact) mass is 496 g/mol. The molecule has 1 atom stereocenters. The highest BCUT2D eigenvalue weighted by molar-refractivity contribution is 8.15. The number of ether oxygens (including phenoxy) is 1. The molecule has 1 aliphatic heterocycles. The molecule has 0 aliphatic carbocycles. The van der Waals surface area contributed by atoms with Crippen LogP contribution in [0.5, 0.6) is 0 Å². The maximum atomic E-state index is 13.6. The number of nitrogens with zero attached hydrogens (tertiary/aromatic N) is 4. The van der Waals surface area contributed by atoms with Gasteiger partial charge in [-0.3, -0.25) is 19.1 Å². The van der Waals surface area contributed by atoms with Crippen molar-refractivity contribution in [1.29, 1.82) is 0 Å². The molecule has 2 aromatic heterocycles. The van der Waals surface area contributed by atoms with E-state index in [1.54, 1.807) is 31.7 Å². The summed E-state index contributed by atoms with van der Waals surface area (Å²) < 4.78 is 8.06. The number of thiophene rings is 1. The fourth-order valence-electron chi connectivity index (χ4n) is 3.61. The Hall–Kier alpha value is -3.37. The Balaban J connectivity index is 1.85. The number of para-hydroxylation sites is 1. The van der Waals surface area contributed by atoms with Crippen LogP contribution >= 0.6 is 23.1 Å². The predicted molar refractivity (Wildman–Crippen MR) is 137 cm³/mol. The molecule has 1 amide bonds. The van der Waals surface area contributed by atoms with Gasteiger partial charge in [0.05, 0.1) is 18.5 Å². The van der Waals surface area contributed by atoms with Crippen LogP contribution in [-0.2, 0) is 21.4 Å². The molecule has 0 radical (unpaired) electrons. The number of methoxy groups -OCH3 is 1. The average molecular weight is 497 g/mol. The predicted octanol–water partition coefficient (Wildman–Crippen LogP) is 3.89. The second-order valence-electron chi connectivity index (χ2n) is 7.73. The van der Waals surface area contributed by atoms with Gasteiger partial charge in [-0.1, -0.05) is 30.0 Å². The van der Waals surface area contributed by atoms with Gasteiger partial charge < -0.3 is 4.74 Å². The van der Waals surface area contributed by atoms with E-state index < -0.39 is 17.1 Å². The van der Waals surface area contributed by atoms with Crippen LogP contribution in [0, 0.1) is 13.8 Å². The quantitative estimate of drug-likeness (QED) is 0.395. The van der Waals surface area contributed by atoms with E-state index in [0.29, 0.717) is 11.4 Å². The first-order valence-electron chi connectivity index (χ1n) is 10.5. The lowest BCUT2D eigenvalue weighted by Gasteiger charge is -2.18. The van der Waals surface area contributed by atoms with E-state index >= 15 is 0 Å². The third-order valence-electron chi connectivity index (χ3n) is 5.56. The minimum absolute atomic E-state index is 0.200. The van der Waals surface area contributed by atoms with Crippen molar-refractivity contribution in [3.05, 3.63) is 74.0 Å².